The van der Waals surface area contributed by atoms with Crippen molar-refractivity contribution in [3.8, 4) is 11.5 Å². The summed E-state index contributed by atoms with van der Waals surface area (Å²) in [5, 5.41) is 2.80. The smallest absolute Gasteiger partial charge is 0.349 e. The summed E-state index contributed by atoms with van der Waals surface area (Å²) in [5.41, 5.74) is 1.19. The van der Waals surface area contributed by atoms with Crippen molar-refractivity contribution in [3.05, 3.63) is 57.1 Å². The highest BCUT2D eigenvalue weighted by atomic mass is 16.5. The molecule has 0 saturated heterocycles. The van der Waals surface area contributed by atoms with Gasteiger partial charge in [0.2, 0.25) is 0 Å². The van der Waals surface area contributed by atoms with Crippen molar-refractivity contribution in [2.24, 2.45) is 0 Å². The van der Waals surface area contributed by atoms with Crippen molar-refractivity contribution in [1.82, 2.24) is 5.32 Å². The van der Waals surface area contributed by atoms with E-state index in [1.807, 2.05) is 24.3 Å². The summed E-state index contributed by atoms with van der Waals surface area (Å²) in [6.45, 7) is 2.18. The zero-order chi connectivity index (χ0) is 19.4. The van der Waals surface area contributed by atoms with Crippen LogP contribution in [0.2, 0.25) is 0 Å². The van der Waals surface area contributed by atoms with Crippen LogP contribution in [-0.2, 0) is 6.42 Å². The van der Waals surface area contributed by atoms with Crippen LogP contribution in [0.4, 0.5) is 0 Å². The van der Waals surface area contributed by atoms with Gasteiger partial charge in [0.1, 0.15) is 11.3 Å². The molecule has 1 aromatic carbocycles. The molecular weight excluding hydrogens is 346 g/mol. The summed E-state index contributed by atoms with van der Waals surface area (Å²) in [6, 6.07) is 7.45. The third kappa shape index (κ3) is 4.15. The minimum atomic E-state index is -0.555. The number of nitrogens with one attached hydrogen (secondary N) is 1. The molecule has 1 heterocycles. The Morgan fingerprint density at radius 3 is 2.52 bits per heavy atom. The summed E-state index contributed by atoms with van der Waals surface area (Å²) in [7, 11) is 3.17. The van der Waals surface area contributed by atoms with Gasteiger partial charge in [-0.3, -0.25) is 4.79 Å². The van der Waals surface area contributed by atoms with Crippen LogP contribution in [0.3, 0.4) is 0 Å². The van der Waals surface area contributed by atoms with Crippen LogP contribution in [0.15, 0.2) is 33.5 Å². The minimum absolute atomic E-state index is 0.0883. The molecule has 1 aliphatic carbocycles. The van der Waals surface area contributed by atoms with Crippen molar-refractivity contribution in [1.29, 1.82) is 0 Å². The van der Waals surface area contributed by atoms with Gasteiger partial charge in [0, 0.05) is 12.5 Å². The van der Waals surface area contributed by atoms with Crippen LogP contribution in [0.25, 0.3) is 0 Å². The van der Waals surface area contributed by atoms with Gasteiger partial charge in [0.25, 0.3) is 5.91 Å². The fraction of sp³-hybridized carbons (Fsp3) is 0.429. The highest BCUT2D eigenvalue weighted by Crippen LogP contribution is 2.36. The van der Waals surface area contributed by atoms with Gasteiger partial charge < -0.3 is 19.2 Å². The van der Waals surface area contributed by atoms with Crippen LogP contribution in [0.1, 0.15) is 52.4 Å². The molecule has 1 aliphatic rings. The van der Waals surface area contributed by atoms with Gasteiger partial charge in [-0.05, 0) is 55.5 Å². The molecule has 0 spiro atoms. The Hall–Kier alpha value is -2.76. The van der Waals surface area contributed by atoms with E-state index >= 15 is 0 Å². The number of carbonyl (C=O) groups is 1. The topological polar surface area (TPSA) is 77.8 Å². The first-order valence-electron chi connectivity index (χ1n) is 9.17. The van der Waals surface area contributed by atoms with Gasteiger partial charge in [-0.15, -0.1) is 0 Å². The summed E-state index contributed by atoms with van der Waals surface area (Å²) in [6.07, 6.45) is 3.85. The first-order valence-corrected chi connectivity index (χ1v) is 9.17. The van der Waals surface area contributed by atoms with E-state index in [0.717, 1.165) is 24.8 Å². The van der Waals surface area contributed by atoms with E-state index in [0.29, 0.717) is 41.7 Å². The zero-order valence-corrected chi connectivity index (χ0v) is 16.0. The Bertz CT molecular complexity index is 883. The molecule has 27 heavy (non-hydrogen) atoms. The fourth-order valence-corrected chi connectivity index (χ4v) is 3.24. The molecule has 1 N–H and O–H groups in total. The van der Waals surface area contributed by atoms with E-state index < -0.39 is 11.5 Å². The van der Waals surface area contributed by atoms with E-state index in [4.69, 9.17) is 13.9 Å². The second-order valence-electron chi connectivity index (χ2n) is 6.82. The molecule has 3 rings (SSSR count). The Morgan fingerprint density at radius 1 is 1.19 bits per heavy atom. The Kier molecular flexibility index (Phi) is 5.84. The maximum atomic E-state index is 12.4. The Balaban J connectivity index is 1.63. The number of aryl methyl sites for hydroxylation is 1. The van der Waals surface area contributed by atoms with Crippen molar-refractivity contribution >= 4 is 5.91 Å². The average molecular weight is 371 g/mol. The standard InChI is InChI=1S/C21H25NO5/c1-13-11-17(15-5-4-6-15)27-21(24)19(13)20(23)22-10-9-14-7-8-16(25-2)18(12-14)26-3/h7-8,11-12,15H,4-6,9-10H2,1-3H3,(H,22,23). The van der Waals surface area contributed by atoms with Crippen LogP contribution >= 0.6 is 0 Å². The lowest BCUT2D eigenvalue weighted by Gasteiger charge is -2.24. The molecule has 1 fully saturated rings. The molecule has 1 saturated carbocycles. The highest BCUT2D eigenvalue weighted by molar-refractivity contribution is 5.95. The molecule has 144 valence electrons. The van der Waals surface area contributed by atoms with Gasteiger partial charge in [-0.25, -0.2) is 4.79 Å². The summed E-state index contributed by atoms with van der Waals surface area (Å²) in [4.78, 5) is 24.7. The van der Waals surface area contributed by atoms with Gasteiger partial charge in [-0.1, -0.05) is 12.5 Å². The Labute approximate surface area is 158 Å². The van der Waals surface area contributed by atoms with Crippen LogP contribution < -0.4 is 20.4 Å². The largest absolute Gasteiger partial charge is 0.493 e. The van der Waals surface area contributed by atoms with Crippen molar-refractivity contribution < 1.29 is 18.7 Å². The molecule has 0 bridgehead atoms. The van der Waals surface area contributed by atoms with Gasteiger partial charge >= 0.3 is 5.63 Å². The molecule has 0 aliphatic heterocycles. The van der Waals surface area contributed by atoms with Crippen molar-refractivity contribution in [2.45, 2.75) is 38.5 Å². The summed E-state index contributed by atoms with van der Waals surface area (Å²) in [5.74, 6) is 1.92. The number of amides is 1. The van der Waals surface area contributed by atoms with Crippen LogP contribution in [0.5, 0.6) is 11.5 Å². The molecule has 6 heteroatoms. The number of rotatable bonds is 7. The normalized spacial score (nSPS) is 13.7. The third-order valence-corrected chi connectivity index (χ3v) is 5.05. The molecule has 1 amide bonds. The van der Waals surface area contributed by atoms with Gasteiger partial charge in [-0.2, -0.15) is 0 Å². The van der Waals surface area contributed by atoms with E-state index in [9.17, 15) is 9.59 Å². The lowest BCUT2D eigenvalue weighted by atomic mass is 9.83. The average Bonchev–Trinajstić information content (AvgIpc) is 2.59. The van der Waals surface area contributed by atoms with E-state index in [2.05, 4.69) is 5.32 Å². The molecule has 0 unspecified atom stereocenters. The number of methoxy groups -OCH3 is 2. The molecule has 0 atom stereocenters. The lowest BCUT2D eigenvalue weighted by molar-refractivity contribution is 0.0948. The predicted molar refractivity (Wildman–Crippen MR) is 102 cm³/mol. The van der Waals surface area contributed by atoms with Crippen molar-refractivity contribution in [2.75, 3.05) is 20.8 Å². The SMILES string of the molecule is COc1ccc(CCNC(=O)c2c(C)cc(C3CCC3)oc2=O)cc1OC. The van der Waals surface area contributed by atoms with Gasteiger partial charge in [0.05, 0.1) is 14.2 Å². The number of ether oxygens (including phenoxy) is 2. The second-order valence-corrected chi connectivity index (χ2v) is 6.82. The molecule has 0 radical (unpaired) electrons. The minimum Gasteiger partial charge on any atom is -0.493 e. The molecular formula is C21H25NO5. The number of carbonyl (C=O) groups excluding carboxylic acids is 1. The summed E-state index contributed by atoms with van der Waals surface area (Å²) >= 11 is 0. The second kappa shape index (κ2) is 8.29. The molecule has 2 aromatic rings. The summed E-state index contributed by atoms with van der Waals surface area (Å²) < 4.78 is 15.9. The first-order chi connectivity index (χ1) is 13.0. The van der Waals surface area contributed by atoms with Crippen molar-refractivity contribution in [3.63, 3.8) is 0 Å². The third-order valence-electron chi connectivity index (χ3n) is 5.05. The maximum Gasteiger partial charge on any atom is 0.349 e. The first kappa shape index (κ1) is 19.0. The molecule has 6 nitrogen and oxygen atoms in total. The number of hydrogen-bond acceptors (Lipinski definition) is 5. The van der Waals surface area contributed by atoms with E-state index in [-0.39, 0.29) is 5.56 Å². The fourth-order valence-electron chi connectivity index (χ4n) is 3.24. The number of benzene rings is 1. The number of hydrogen-bond donors (Lipinski definition) is 1. The van der Waals surface area contributed by atoms with E-state index in [1.54, 1.807) is 21.1 Å². The zero-order valence-electron chi connectivity index (χ0n) is 16.0. The Morgan fingerprint density at radius 2 is 1.93 bits per heavy atom. The monoisotopic (exact) mass is 371 g/mol. The maximum absolute atomic E-state index is 12.4. The molecule has 1 aromatic heterocycles. The van der Waals surface area contributed by atoms with Crippen LogP contribution in [0, 0.1) is 6.92 Å². The quantitative estimate of drug-likeness (QED) is 0.809. The van der Waals surface area contributed by atoms with Gasteiger partial charge in [0.15, 0.2) is 11.5 Å². The van der Waals surface area contributed by atoms with E-state index in [1.165, 1.54) is 0 Å². The van der Waals surface area contributed by atoms with Crippen LogP contribution in [-0.4, -0.2) is 26.7 Å². The lowest BCUT2D eigenvalue weighted by Crippen LogP contribution is -2.31. The predicted octanol–water partition coefficient (Wildman–Crippen LogP) is 3.21. The highest BCUT2D eigenvalue weighted by Gasteiger charge is 2.25.